The fraction of sp³-hybridized carbons (Fsp3) is 0.444. The van der Waals surface area contributed by atoms with Crippen molar-refractivity contribution in [2.45, 2.75) is 32.4 Å². The molecule has 0 saturated heterocycles. The number of rotatable bonds is 8. The summed E-state index contributed by atoms with van der Waals surface area (Å²) >= 11 is 0. The maximum absolute atomic E-state index is 12.2. The number of aliphatic hydroxyl groups is 3. The van der Waals surface area contributed by atoms with E-state index in [-0.39, 0.29) is 37.7 Å². The highest BCUT2D eigenvalue weighted by atomic mass is 16.3. The fourth-order valence-electron chi connectivity index (χ4n) is 3.12. The van der Waals surface area contributed by atoms with Gasteiger partial charge >= 0.3 is 5.69 Å². The quantitative estimate of drug-likeness (QED) is 0.321. The second-order valence-corrected chi connectivity index (χ2v) is 6.57. The van der Waals surface area contributed by atoms with Gasteiger partial charge in [0.05, 0.1) is 23.7 Å². The third-order valence-corrected chi connectivity index (χ3v) is 4.53. The van der Waals surface area contributed by atoms with E-state index < -0.39 is 17.4 Å². The van der Waals surface area contributed by atoms with Gasteiger partial charge in [0.25, 0.3) is 5.56 Å². The lowest BCUT2D eigenvalue weighted by Crippen LogP contribution is -2.29. The molecule has 0 saturated carbocycles. The number of anilines is 1. The van der Waals surface area contributed by atoms with Crippen molar-refractivity contribution < 1.29 is 15.3 Å². The van der Waals surface area contributed by atoms with Crippen LogP contribution in [0.3, 0.4) is 0 Å². The molecule has 1 aromatic carbocycles. The summed E-state index contributed by atoms with van der Waals surface area (Å²) in [7, 11) is 0. The first-order valence-electron chi connectivity index (χ1n) is 9.03. The minimum Gasteiger partial charge on any atom is -0.396 e. The zero-order valence-corrected chi connectivity index (χ0v) is 15.5. The average molecular weight is 389 g/mol. The molecule has 1 unspecified atom stereocenters. The van der Waals surface area contributed by atoms with Crippen LogP contribution in [-0.4, -0.2) is 60.7 Å². The van der Waals surface area contributed by atoms with E-state index in [4.69, 9.17) is 10.2 Å². The number of hydrogen-bond donors (Lipinski definition) is 5. The largest absolute Gasteiger partial charge is 0.396 e. The minimum atomic E-state index is -0.769. The molecule has 5 N–H and O–H groups in total. The van der Waals surface area contributed by atoms with Crippen molar-refractivity contribution in [2.75, 3.05) is 25.1 Å². The van der Waals surface area contributed by atoms with Crippen LogP contribution in [0.5, 0.6) is 0 Å². The van der Waals surface area contributed by atoms with Crippen LogP contribution < -0.4 is 16.6 Å². The number of benzene rings is 1. The maximum atomic E-state index is 12.2. The molecular weight excluding hydrogens is 366 g/mol. The van der Waals surface area contributed by atoms with Crippen molar-refractivity contribution in [3.05, 3.63) is 38.5 Å². The predicted octanol–water partition coefficient (Wildman–Crippen LogP) is -0.569. The minimum absolute atomic E-state index is 0.0305. The molecule has 3 rings (SSSR count). The molecular formula is C18H23N5O5. The van der Waals surface area contributed by atoms with Gasteiger partial charge in [0, 0.05) is 25.4 Å². The zero-order chi connectivity index (χ0) is 20.3. The predicted molar refractivity (Wildman–Crippen MR) is 104 cm³/mol. The highest BCUT2D eigenvalue weighted by molar-refractivity contribution is 5.84. The summed E-state index contributed by atoms with van der Waals surface area (Å²) in [5.41, 5.74) is 1.48. The second-order valence-electron chi connectivity index (χ2n) is 6.57. The number of aryl methyl sites for hydroxylation is 2. The molecule has 150 valence electrons. The summed E-state index contributed by atoms with van der Waals surface area (Å²) in [6.07, 6.45) is -0.206. The molecule has 28 heavy (non-hydrogen) atoms. The summed E-state index contributed by atoms with van der Waals surface area (Å²) in [5.74, 6) is 0.134. The summed E-state index contributed by atoms with van der Waals surface area (Å²) in [5, 5.41) is 31.2. The second kappa shape index (κ2) is 8.46. The first kappa shape index (κ1) is 19.9. The summed E-state index contributed by atoms with van der Waals surface area (Å²) in [6, 6.07) is 3.62. The molecule has 1 aromatic rings. The molecule has 2 aliphatic heterocycles. The van der Waals surface area contributed by atoms with Crippen molar-refractivity contribution in [3.8, 4) is 11.5 Å². The third kappa shape index (κ3) is 4.03. The Labute approximate surface area is 159 Å². The summed E-state index contributed by atoms with van der Waals surface area (Å²) < 4.78 is 1.68. The Balaban J connectivity index is 2.22. The number of aromatic nitrogens is 4. The number of nitrogens with zero attached hydrogens (tertiary/aromatic N) is 3. The first-order chi connectivity index (χ1) is 13.4. The van der Waals surface area contributed by atoms with Crippen molar-refractivity contribution >= 4 is 16.7 Å². The lowest BCUT2D eigenvalue weighted by atomic mass is 10.1. The van der Waals surface area contributed by atoms with Crippen molar-refractivity contribution in [1.82, 2.24) is 19.5 Å². The fourth-order valence-corrected chi connectivity index (χ4v) is 3.12. The van der Waals surface area contributed by atoms with Crippen LogP contribution in [0, 0.1) is 6.92 Å². The van der Waals surface area contributed by atoms with Crippen molar-refractivity contribution in [1.29, 1.82) is 0 Å². The number of hydrogen-bond acceptors (Lipinski definition) is 8. The number of fused-ring (bicyclic) bond motifs is 2. The Morgan fingerprint density at radius 3 is 2.68 bits per heavy atom. The SMILES string of the molecule is Cc1cc2nc3c(=O)[nH]c(=O)nc-3n(CCC(O)CCO)c2cc1NCCO. The zero-order valence-electron chi connectivity index (χ0n) is 15.5. The standard InChI is InChI=1S/C18H23N5O5/c1-10-8-13-14(9-12(10)19-4-7-25)23(5-2-11(26)3-6-24)16-15(20-13)17(27)22-18(28)21-16/h8-9,11,19,24-26H,2-7H2,1H3,(H,22,27,28). The molecule has 0 bridgehead atoms. The molecule has 10 heteroatoms. The average Bonchev–Trinajstić information content (AvgIpc) is 2.64. The van der Waals surface area contributed by atoms with Gasteiger partial charge in [0.2, 0.25) is 0 Å². The molecule has 0 aromatic heterocycles. The van der Waals surface area contributed by atoms with E-state index in [1.807, 2.05) is 13.0 Å². The summed E-state index contributed by atoms with van der Waals surface area (Å²) in [6.45, 7) is 2.35. The Morgan fingerprint density at radius 2 is 1.96 bits per heavy atom. The molecule has 2 heterocycles. The van der Waals surface area contributed by atoms with Gasteiger partial charge in [-0.25, -0.2) is 9.78 Å². The Morgan fingerprint density at radius 1 is 1.18 bits per heavy atom. The van der Waals surface area contributed by atoms with E-state index in [2.05, 4.69) is 20.3 Å². The van der Waals surface area contributed by atoms with Crippen LogP contribution in [0.1, 0.15) is 18.4 Å². The van der Waals surface area contributed by atoms with E-state index in [1.54, 1.807) is 10.6 Å². The summed E-state index contributed by atoms with van der Waals surface area (Å²) in [4.78, 5) is 34.4. The van der Waals surface area contributed by atoms with Crippen LogP contribution in [0.15, 0.2) is 21.7 Å². The first-order valence-corrected chi connectivity index (χ1v) is 9.03. The van der Waals surface area contributed by atoms with E-state index >= 15 is 0 Å². The lowest BCUT2D eigenvalue weighted by Gasteiger charge is -2.19. The smallest absolute Gasteiger partial charge is 0.349 e. The van der Waals surface area contributed by atoms with E-state index in [0.717, 1.165) is 11.3 Å². The highest BCUT2D eigenvalue weighted by Gasteiger charge is 2.20. The Bertz CT molecular complexity index is 1060. The molecule has 2 aliphatic rings. The van der Waals surface area contributed by atoms with Crippen LogP contribution in [0.25, 0.3) is 22.6 Å². The van der Waals surface area contributed by atoms with Gasteiger partial charge in [0.1, 0.15) is 0 Å². The molecule has 0 amide bonds. The number of aliphatic hydroxyl groups excluding tert-OH is 3. The molecule has 0 aliphatic carbocycles. The number of H-pyrrole nitrogens is 1. The van der Waals surface area contributed by atoms with Gasteiger partial charge in [-0.15, -0.1) is 0 Å². The third-order valence-electron chi connectivity index (χ3n) is 4.53. The maximum Gasteiger partial charge on any atom is 0.349 e. The lowest BCUT2D eigenvalue weighted by molar-refractivity contribution is 0.121. The van der Waals surface area contributed by atoms with Gasteiger partial charge in [-0.3, -0.25) is 9.78 Å². The van der Waals surface area contributed by atoms with E-state index in [9.17, 15) is 14.7 Å². The van der Waals surface area contributed by atoms with Crippen LogP contribution in [0.4, 0.5) is 5.69 Å². The molecule has 0 spiro atoms. The van der Waals surface area contributed by atoms with Crippen LogP contribution in [-0.2, 0) is 6.54 Å². The number of nitrogens with one attached hydrogen (secondary N) is 2. The van der Waals surface area contributed by atoms with Gasteiger partial charge in [0.15, 0.2) is 11.5 Å². The Kier molecular flexibility index (Phi) is 6.02. The molecule has 0 radical (unpaired) electrons. The van der Waals surface area contributed by atoms with Gasteiger partial charge in [-0.1, -0.05) is 0 Å². The Hall–Kier alpha value is -2.82. The van der Waals surface area contributed by atoms with E-state index in [0.29, 0.717) is 24.0 Å². The normalized spacial score (nSPS) is 12.6. The molecule has 0 fully saturated rings. The monoisotopic (exact) mass is 389 g/mol. The molecule has 10 nitrogen and oxygen atoms in total. The molecule has 1 atom stereocenters. The van der Waals surface area contributed by atoms with Gasteiger partial charge < -0.3 is 25.2 Å². The van der Waals surface area contributed by atoms with Crippen molar-refractivity contribution in [3.63, 3.8) is 0 Å². The van der Waals surface area contributed by atoms with Gasteiger partial charge in [-0.05, 0) is 37.5 Å². The topological polar surface area (TPSA) is 153 Å². The van der Waals surface area contributed by atoms with Crippen LogP contribution >= 0.6 is 0 Å². The number of aromatic amines is 1. The van der Waals surface area contributed by atoms with Crippen LogP contribution in [0.2, 0.25) is 0 Å². The van der Waals surface area contributed by atoms with Gasteiger partial charge in [-0.2, -0.15) is 4.98 Å². The van der Waals surface area contributed by atoms with Crippen molar-refractivity contribution in [2.24, 2.45) is 0 Å². The van der Waals surface area contributed by atoms with E-state index in [1.165, 1.54) is 0 Å². The highest BCUT2D eigenvalue weighted by Crippen LogP contribution is 2.27.